The molecule has 152 valence electrons. The summed E-state index contributed by atoms with van der Waals surface area (Å²) >= 11 is 5.81. The van der Waals surface area contributed by atoms with Crippen molar-refractivity contribution in [1.82, 2.24) is 15.0 Å². The Bertz CT molecular complexity index is 1020. The number of hydrogen-bond acceptors (Lipinski definition) is 5. The molecule has 6 heteroatoms. The van der Waals surface area contributed by atoms with Crippen molar-refractivity contribution in [2.24, 2.45) is 5.41 Å². The molecule has 1 unspecified atom stereocenters. The molecule has 0 bridgehead atoms. The second kappa shape index (κ2) is 7.56. The molecule has 2 aromatic carbocycles. The van der Waals surface area contributed by atoms with Crippen LogP contribution >= 0.6 is 11.6 Å². The van der Waals surface area contributed by atoms with Gasteiger partial charge in [-0.25, -0.2) is 0 Å². The fraction of sp³-hybridized carbons (Fsp3) is 0.391. The average molecular weight is 412 g/mol. The van der Waals surface area contributed by atoms with Crippen molar-refractivity contribution >= 4 is 11.6 Å². The van der Waals surface area contributed by atoms with E-state index in [1.807, 2.05) is 18.2 Å². The molecular formula is C23H26ClN3O2. The number of aliphatic hydroxyl groups is 1. The van der Waals surface area contributed by atoms with Crippen LogP contribution in [0.5, 0.6) is 0 Å². The SMILES string of the molecule is CC(C)c1ccc(C(O)C2(C)CN(C)C2)cc1-c1cccc(-c2nc(Cl)no2)c1. The lowest BCUT2D eigenvalue weighted by Crippen LogP contribution is -2.55. The third-order valence-electron chi connectivity index (χ3n) is 5.76. The topological polar surface area (TPSA) is 62.4 Å². The fourth-order valence-corrected chi connectivity index (χ4v) is 4.51. The van der Waals surface area contributed by atoms with Crippen molar-refractivity contribution in [1.29, 1.82) is 0 Å². The van der Waals surface area contributed by atoms with Crippen molar-refractivity contribution in [3.05, 3.63) is 58.9 Å². The fourth-order valence-electron chi connectivity index (χ4n) is 4.40. The van der Waals surface area contributed by atoms with E-state index in [2.05, 4.69) is 67.1 Å². The summed E-state index contributed by atoms with van der Waals surface area (Å²) in [6, 6.07) is 14.3. The first-order chi connectivity index (χ1) is 13.8. The van der Waals surface area contributed by atoms with Gasteiger partial charge in [0.25, 0.3) is 11.2 Å². The molecule has 1 aliphatic rings. The van der Waals surface area contributed by atoms with Gasteiger partial charge in [-0.3, -0.25) is 0 Å². The van der Waals surface area contributed by atoms with Crippen LogP contribution in [-0.2, 0) is 0 Å². The van der Waals surface area contributed by atoms with E-state index in [1.165, 1.54) is 5.56 Å². The van der Waals surface area contributed by atoms with Crippen LogP contribution in [0.15, 0.2) is 47.0 Å². The summed E-state index contributed by atoms with van der Waals surface area (Å²) in [4.78, 5) is 6.35. The van der Waals surface area contributed by atoms with Crippen molar-refractivity contribution in [2.45, 2.75) is 32.8 Å². The van der Waals surface area contributed by atoms with Crippen LogP contribution in [0.1, 0.15) is 43.9 Å². The number of halogens is 1. The highest BCUT2D eigenvalue weighted by molar-refractivity contribution is 6.28. The molecule has 1 aliphatic heterocycles. The Kier molecular flexibility index (Phi) is 5.23. The summed E-state index contributed by atoms with van der Waals surface area (Å²) in [6.07, 6.45) is -0.503. The summed E-state index contributed by atoms with van der Waals surface area (Å²) in [5.41, 5.74) is 5.04. The van der Waals surface area contributed by atoms with Gasteiger partial charge < -0.3 is 14.5 Å². The number of nitrogens with zero attached hydrogens (tertiary/aromatic N) is 3. The largest absolute Gasteiger partial charge is 0.388 e. The third-order valence-corrected chi connectivity index (χ3v) is 5.91. The molecule has 1 aromatic heterocycles. The highest BCUT2D eigenvalue weighted by Gasteiger charge is 2.43. The maximum atomic E-state index is 11.1. The number of hydrogen-bond donors (Lipinski definition) is 1. The normalized spacial score (nSPS) is 17.3. The minimum absolute atomic E-state index is 0.0945. The lowest BCUT2D eigenvalue weighted by atomic mass is 9.74. The van der Waals surface area contributed by atoms with Crippen LogP contribution in [0, 0.1) is 5.41 Å². The van der Waals surface area contributed by atoms with Crippen LogP contribution < -0.4 is 0 Å². The molecule has 1 N–H and O–H groups in total. The van der Waals surface area contributed by atoms with Gasteiger partial charge in [-0.1, -0.05) is 45.0 Å². The van der Waals surface area contributed by atoms with E-state index in [1.54, 1.807) is 0 Å². The number of aliphatic hydroxyl groups excluding tert-OH is 1. The predicted octanol–water partition coefficient (Wildman–Crippen LogP) is 5.17. The summed E-state index contributed by atoms with van der Waals surface area (Å²) in [7, 11) is 2.08. The zero-order valence-corrected chi connectivity index (χ0v) is 17.9. The molecular weight excluding hydrogens is 386 g/mol. The van der Waals surface area contributed by atoms with Crippen LogP contribution in [0.25, 0.3) is 22.6 Å². The molecule has 0 radical (unpaired) electrons. The maximum Gasteiger partial charge on any atom is 0.264 e. The highest BCUT2D eigenvalue weighted by Crippen LogP contribution is 2.43. The zero-order valence-electron chi connectivity index (χ0n) is 17.2. The van der Waals surface area contributed by atoms with E-state index in [9.17, 15) is 5.11 Å². The summed E-state index contributed by atoms with van der Waals surface area (Å²) in [6.45, 7) is 8.29. The predicted molar refractivity (Wildman–Crippen MR) is 115 cm³/mol. The van der Waals surface area contributed by atoms with Gasteiger partial charge in [-0.05, 0) is 70.2 Å². The van der Waals surface area contributed by atoms with E-state index in [4.69, 9.17) is 16.1 Å². The minimum Gasteiger partial charge on any atom is -0.388 e. The molecule has 1 saturated heterocycles. The van der Waals surface area contributed by atoms with Crippen LogP contribution in [-0.4, -0.2) is 40.3 Å². The van der Waals surface area contributed by atoms with Crippen molar-refractivity contribution < 1.29 is 9.63 Å². The molecule has 2 heterocycles. The molecule has 29 heavy (non-hydrogen) atoms. The first-order valence-corrected chi connectivity index (χ1v) is 10.2. The Labute approximate surface area is 176 Å². The van der Waals surface area contributed by atoms with Gasteiger partial charge in [-0.2, -0.15) is 4.98 Å². The Morgan fingerprint density at radius 3 is 2.48 bits per heavy atom. The van der Waals surface area contributed by atoms with E-state index < -0.39 is 6.10 Å². The van der Waals surface area contributed by atoms with Crippen molar-refractivity contribution in [3.8, 4) is 22.6 Å². The first kappa shape index (κ1) is 20.1. The van der Waals surface area contributed by atoms with Crippen LogP contribution in [0.4, 0.5) is 0 Å². The van der Waals surface area contributed by atoms with Crippen LogP contribution in [0.2, 0.25) is 5.28 Å². The Morgan fingerprint density at radius 1 is 1.14 bits per heavy atom. The lowest BCUT2D eigenvalue weighted by molar-refractivity contribution is -0.0708. The monoisotopic (exact) mass is 411 g/mol. The lowest BCUT2D eigenvalue weighted by Gasteiger charge is -2.49. The molecule has 1 fully saturated rings. The number of aromatic nitrogens is 2. The zero-order chi connectivity index (χ0) is 20.8. The van der Waals surface area contributed by atoms with Gasteiger partial charge in [0.15, 0.2) is 0 Å². The molecule has 0 aliphatic carbocycles. The number of benzene rings is 2. The molecule has 0 amide bonds. The summed E-state index contributed by atoms with van der Waals surface area (Å²) in [5, 5.41) is 14.8. The van der Waals surface area contributed by atoms with E-state index in [0.29, 0.717) is 11.8 Å². The molecule has 5 nitrogen and oxygen atoms in total. The first-order valence-electron chi connectivity index (χ1n) is 9.87. The standard InChI is InChI=1S/C23H26ClN3O2/c1-14(2)18-9-8-16(20(28)23(3)12-27(4)13-23)11-19(18)15-6-5-7-17(10-15)21-25-22(24)26-29-21/h5-11,14,20,28H,12-13H2,1-4H3. The van der Waals surface area contributed by atoms with Crippen molar-refractivity contribution in [2.75, 3.05) is 20.1 Å². The summed E-state index contributed by atoms with van der Waals surface area (Å²) in [5.74, 6) is 0.743. The minimum atomic E-state index is -0.503. The van der Waals surface area contributed by atoms with Crippen LogP contribution in [0.3, 0.4) is 0 Å². The molecule has 4 rings (SSSR count). The molecule has 0 spiro atoms. The summed E-state index contributed by atoms with van der Waals surface area (Å²) < 4.78 is 5.22. The third kappa shape index (κ3) is 3.82. The van der Waals surface area contributed by atoms with Gasteiger partial charge in [0.1, 0.15) is 0 Å². The maximum absolute atomic E-state index is 11.1. The van der Waals surface area contributed by atoms with Gasteiger partial charge in [0.05, 0.1) is 6.10 Å². The van der Waals surface area contributed by atoms with Gasteiger partial charge in [-0.15, -0.1) is 0 Å². The number of likely N-dealkylation sites (tertiary alicyclic amines) is 1. The highest BCUT2D eigenvalue weighted by atomic mass is 35.5. The van der Waals surface area contributed by atoms with Gasteiger partial charge >= 0.3 is 0 Å². The van der Waals surface area contributed by atoms with Gasteiger partial charge in [0.2, 0.25) is 0 Å². The average Bonchev–Trinajstić information content (AvgIpc) is 3.12. The second-order valence-corrected chi connectivity index (χ2v) is 9.02. The van der Waals surface area contributed by atoms with E-state index in [0.717, 1.165) is 35.3 Å². The Morgan fingerprint density at radius 2 is 1.86 bits per heavy atom. The van der Waals surface area contributed by atoms with E-state index in [-0.39, 0.29) is 10.7 Å². The number of rotatable bonds is 5. The molecule has 1 atom stereocenters. The second-order valence-electron chi connectivity index (χ2n) is 8.68. The smallest absolute Gasteiger partial charge is 0.264 e. The van der Waals surface area contributed by atoms with Crippen molar-refractivity contribution in [3.63, 3.8) is 0 Å². The van der Waals surface area contributed by atoms with Gasteiger partial charge in [0, 0.05) is 24.1 Å². The quantitative estimate of drug-likeness (QED) is 0.627. The Hall–Kier alpha value is -2.21. The molecule has 0 saturated carbocycles. The van der Waals surface area contributed by atoms with E-state index >= 15 is 0 Å². The Balaban J connectivity index is 1.76. The molecule has 3 aromatic rings.